The van der Waals surface area contributed by atoms with Crippen LogP contribution in [-0.4, -0.2) is 63.2 Å². The SMILES string of the molecule is Cn1ccnc1SCC(=O)Nc1ccc(C(=O)N2CCN(c3ccncc3)CC2)cc1. The topological polar surface area (TPSA) is 83.4 Å². The van der Waals surface area contributed by atoms with Gasteiger partial charge in [-0.2, -0.15) is 0 Å². The smallest absolute Gasteiger partial charge is 0.253 e. The Labute approximate surface area is 185 Å². The average Bonchev–Trinajstić information content (AvgIpc) is 3.23. The number of imidazole rings is 1. The van der Waals surface area contributed by atoms with Crippen LogP contribution >= 0.6 is 11.8 Å². The number of carbonyl (C=O) groups excluding carboxylic acids is 2. The van der Waals surface area contributed by atoms with Gasteiger partial charge in [0.2, 0.25) is 5.91 Å². The van der Waals surface area contributed by atoms with Crippen LogP contribution in [0.5, 0.6) is 0 Å². The number of rotatable bonds is 6. The summed E-state index contributed by atoms with van der Waals surface area (Å²) in [5, 5.41) is 3.65. The Kier molecular flexibility index (Phi) is 6.51. The van der Waals surface area contributed by atoms with Gasteiger partial charge >= 0.3 is 0 Å². The molecule has 1 saturated heterocycles. The molecule has 0 radical (unpaired) electrons. The molecule has 1 aliphatic heterocycles. The summed E-state index contributed by atoms with van der Waals surface area (Å²) >= 11 is 1.38. The van der Waals surface area contributed by atoms with Crippen molar-refractivity contribution >= 4 is 35.0 Å². The lowest BCUT2D eigenvalue weighted by Gasteiger charge is -2.36. The van der Waals surface area contributed by atoms with Crippen LogP contribution in [0.4, 0.5) is 11.4 Å². The van der Waals surface area contributed by atoms with E-state index in [1.807, 2.05) is 34.8 Å². The summed E-state index contributed by atoms with van der Waals surface area (Å²) in [5.41, 5.74) is 2.42. The van der Waals surface area contributed by atoms with E-state index in [4.69, 9.17) is 0 Å². The van der Waals surface area contributed by atoms with Crippen LogP contribution in [0.2, 0.25) is 0 Å². The summed E-state index contributed by atoms with van der Waals surface area (Å²) in [7, 11) is 1.89. The van der Waals surface area contributed by atoms with Gasteiger partial charge in [-0.05, 0) is 36.4 Å². The number of benzene rings is 1. The molecule has 8 nitrogen and oxygen atoms in total. The first kappa shape index (κ1) is 20.9. The molecular formula is C22H24N6O2S. The molecule has 0 unspecified atom stereocenters. The van der Waals surface area contributed by atoms with Crippen LogP contribution in [0, 0.1) is 0 Å². The minimum absolute atomic E-state index is 0.0117. The standard InChI is InChI=1S/C22H24N6O2S/c1-26-11-10-24-22(26)31-16-20(29)25-18-4-2-17(3-5-18)21(30)28-14-12-27(13-15-28)19-6-8-23-9-7-19/h2-11H,12-16H2,1H3,(H,25,29). The Hall–Kier alpha value is -3.33. The van der Waals surface area contributed by atoms with Crippen molar-refractivity contribution in [1.29, 1.82) is 0 Å². The maximum Gasteiger partial charge on any atom is 0.253 e. The van der Waals surface area contributed by atoms with Gasteiger partial charge in [-0.15, -0.1) is 0 Å². The van der Waals surface area contributed by atoms with Crippen molar-refractivity contribution in [3.8, 4) is 0 Å². The van der Waals surface area contributed by atoms with Crippen LogP contribution < -0.4 is 10.2 Å². The molecule has 3 heterocycles. The zero-order valence-electron chi connectivity index (χ0n) is 17.3. The van der Waals surface area contributed by atoms with Crippen molar-refractivity contribution in [3.05, 3.63) is 66.7 Å². The number of aryl methyl sites for hydroxylation is 1. The lowest BCUT2D eigenvalue weighted by molar-refractivity contribution is -0.113. The second kappa shape index (κ2) is 9.65. The predicted octanol–water partition coefficient (Wildman–Crippen LogP) is 2.51. The number of anilines is 2. The molecule has 0 atom stereocenters. The summed E-state index contributed by atoms with van der Waals surface area (Å²) in [5.74, 6) is 0.171. The van der Waals surface area contributed by atoms with E-state index in [0.29, 0.717) is 24.3 Å². The fourth-order valence-electron chi connectivity index (χ4n) is 3.42. The third kappa shape index (κ3) is 5.24. The molecular weight excluding hydrogens is 412 g/mol. The van der Waals surface area contributed by atoms with Crippen molar-refractivity contribution in [3.63, 3.8) is 0 Å². The maximum absolute atomic E-state index is 12.8. The molecule has 160 valence electrons. The quantitative estimate of drug-likeness (QED) is 0.598. The highest BCUT2D eigenvalue weighted by atomic mass is 32.2. The van der Waals surface area contributed by atoms with E-state index in [0.717, 1.165) is 23.9 Å². The van der Waals surface area contributed by atoms with Gasteiger partial charge in [0.05, 0.1) is 5.75 Å². The minimum Gasteiger partial charge on any atom is -0.368 e. The molecule has 1 aliphatic rings. The van der Waals surface area contributed by atoms with E-state index >= 15 is 0 Å². The van der Waals surface area contributed by atoms with E-state index in [1.165, 1.54) is 11.8 Å². The molecule has 1 aromatic carbocycles. The van der Waals surface area contributed by atoms with Gasteiger partial charge in [-0.3, -0.25) is 14.6 Å². The van der Waals surface area contributed by atoms with Crippen LogP contribution in [0.25, 0.3) is 0 Å². The molecule has 2 amide bonds. The second-order valence-corrected chi connectivity index (χ2v) is 8.16. The molecule has 31 heavy (non-hydrogen) atoms. The van der Waals surface area contributed by atoms with E-state index in [1.54, 1.807) is 42.9 Å². The number of aromatic nitrogens is 3. The van der Waals surface area contributed by atoms with Crippen molar-refractivity contribution in [2.75, 3.05) is 42.1 Å². The average molecular weight is 437 g/mol. The zero-order valence-corrected chi connectivity index (χ0v) is 18.1. The van der Waals surface area contributed by atoms with Crippen LogP contribution in [0.1, 0.15) is 10.4 Å². The van der Waals surface area contributed by atoms with Crippen molar-refractivity contribution in [2.24, 2.45) is 7.05 Å². The molecule has 0 bridgehead atoms. The number of thioether (sulfide) groups is 1. The lowest BCUT2D eigenvalue weighted by atomic mass is 10.1. The largest absolute Gasteiger partial charge is 0.368 e. The number of pyridine rings is 1. The van der Waals surface area contributed by atoms with Gasteiger partial charge < -0.3 is 19.7 Å². The first-order valence-corrected chi connectivity index (χ1v) is 11.0. The number of hydrogen-bond donors (Lipinski definition) is 1. The molecule has 9 heteroatoms. The fraction of sp³-hybridized carbons (Fsp3) is 0.273. The van der Waals surface area contributed by atoms with Crippen molar-refractivity contribution in [1.82, 2.24) is 19.4 Å². The highest BCUT2D eigenvalue weighted by molar-refractivity contribution is 7.99. The van der Waals surface area contributed by atoms with Crippen molar-refractivity contribution < 1.29 is 9.59 Å². The monoisotopic (exact) mass is 436 g/mol. The normalized spacial score (nSPS) is 13.8. The minimum atomic E-state index is -0.112. The Balaban J connectivity index is 1.27. The Morgan fingerprint density at radius 2 is 1.71 bits per heavy atom. The van der Waals surface area contributed by atoms with Gasteiger partial charge in [0.1, 0.15) is 0 Å². The highest BCUT2D eigenvalue weighted by Crippen LogP contribution is 2.18. The van der Waals surface area contributed by atoms with E-state index in [9.17, 15) is 9.59 Å². The van der Waals surface area contributed by atoms with Crippen molar-refractivity contribution in [2.45, 2.75) is 5.16 Å². The van der Waals surface area contributed by atoms with E-state index in [-0.39, 0.29) is 17.6 Å². The summed E-state index contributed by atoms with van der Waals surface area (Å²) in [4.78, 5) is 37.4. The second-order valence-electron chi connectivity index (χ2n) is 7.22. The fourth-order valence-corrected chi connectivity index (χ4v) is 4.15. The number of nitrogens with one attached hydrogen (secondary N) is 1. The molecule has 0 saturated carbocycles. The summed E-state index contributed by atoms with van der Waals surface area (Å²) in [6, 6.07) is 11.0. The van der Waals surface area contributed by atoms with Gasteiger partial charge in [0.15, 0.2) is 5.16 Å². The van der Waals surface area contributed by atoms with Gasteiger partial charge in [0, 0.05) is 75.0 Å². The highest BCUT2D eigenvalue weighted by Gasteiger charge is 2.22. The summed E-state index contributed by atoms with van der Waals surface area (Å²) in [6.45, 7) is 2.92. The number of hydrogen-bond acceptors (Lipinski definition) is 6. The Bertz CT molecular complexity index is 1030. The molecule has 1 fully saturated rings. The molecule has 0 aliphatic carbocycles. The number of carbonyl (C=O) groups is 2. The molecule has 0 spiro atoms. The molecule has 2 aromatic heterocycles. The predicted molar refractivity (Wildman–Crippen MR) is 121 cm³/mol. The first-order valence-electron chi connectivity index (χ1n) is 10.0. The van der Waals surface area contributed by atoms with E-state index in [2.05, 4.69) is 20.2 Å². The zero-order chi connectivity index (χ0) is 21.6. The third-order valence-corrected chi connectivity index (χ3v) is 6.18. The Morgan fingerprint density at radius 1 is 1.00 bits per heavy atom. The molecule has 3 aromatic rings. The third-order valence-electron chi connectivity index (χ3n) is 5.12. The summed E-state index contributed by atoms with van der Waals surface area (Å²) < 4.78 is 1.87. The van der Waals surface area contributed by atoms with Gasteiger partial charge in [-0.25, -0.2) is 4.98 Å². The molecule has 1 N–H and O–H groups in total. The lowest BCUT2D eigenvalue weighted by Crippen LogP contribution is -2.48. The summed E-state index contributed by atoms with van der Waals surface area (Å²) in [6.07, 6.45) is 7.11. The number of piperazine rings is 1. The maximum atomic E-state index is 12.8. The van der Waals surface area contributed by atoms with E-state index < -0.39 is 0 Å². The first-order chi connectivity index (χ1) is 15.1. The number of nitrogens with zero attached hydrogens (tertiary/aromatic N) is 5. The van der Waals surface area contributed by atoms with Crippen LogP contribution in [0.15, 0.2) is 66.3 Å². The Morgan fingerprint density at radius 3 is 2.35 bits per heavy atom. The number of amides is 2. The van der Waals surface area contributed by atoms with Crippen LogP contribution in [0.3, 0.4) is 0 Å². The van der Waals surface area contributed by atoms with Gasteiger partial charge in [-0.1, -0.05) is 11.8 Å². The molecule has 4 rings (SSSR count). The van der Waals surface area contributed by atoms with Gasteiger partial charge in [0.25, 0.3) is 5.91 Å². The van der Waals surface area contributed by atoms with Crippen LogP contribution in [-0.2, 0) is 11.8 Å².